The molecule has 0 aromatic rings. The second-order valence-electron chi connectivity index (χ2n) is 3.55. The van der Waals surface area contributed by atoms with Crippen LogP contribution in [0.3, 0.4) is 0 Å². The van der Waals surface area contributed by atoms with Gasteiger partial charge in [0.25, 0.3) is 0 Å². The average molecular weight is 141 g/mol. The summed E-state index contributed by atoms with van der Waals surface area (Å²) in [5.74, 6) is 1.96. The van der Waals surface area contributed by atoms with Crippen LogP contribution in [0.15, 0.2) is 0 Å². The lowest BCUT2D eigenvalue weighted by atomic mass is 9.70. The van der Waals surface area contributed by atoms with E-state index >= 15 is 0 Å². The normalized spacial score (nSPS) is 49.7. The number of hydrogen-bond acceptors (Lipinski definition) is 0. The molecule has 0 aromatic carbocycles. The standard InChI is InChI=1S/C8H13S/c9-8-5-6-1-3-7(8)4-2-6/h6-8H,1-5H2. The summed E-state index contributed by atoms with van der Waals surface area (Å²) in [7, 11) is 0. The van der Waals surface area contributed by atoms with Gasteiger partial charge in [-0.3, -0.25) is 0 Å². The van der Waals surface area contributed by atoms with Gasteiger partial charge in [0.2, 0.25) is 0 Å². The fraction of sp³-hybridized carbons (Fsp3) is 1.00. The first-order valence-corrected chi connectivity index (χ1v) is 4.49. The predicted octanol–water partition coefficient (Wildman–Crippen LogP) is 2.76. The summed E-state index contributed by atoms with van der Waals surface area (Å²) in [6, 6.07) is 0. The molecule has 0 nitrogen and oxygen atoms in total. The van der Waals surface area contributed by atoms with Crippen molar-refractivity contribution < 1.29 is 0 Å². The van der Waals surface area contributed by atoms with Crippen LogP contribution in [0.4, 0.5) is 0 Å². The third-order valence-electron chi connectivity index (χ3n) is 2.98. The molecule has 1 heteroatoms. The van der Waals surface area contributed by atoms with Gasteiger partial charge in [0.15, 0.2) is 0 Å². The summed E-state index contributed by atoms with van der Waals surface area (Å²) in [6.07, 6.45) is 7.22. The van der Waals surface area contributed by atoms with E-state index in [1.165, 1.54) is 32.1 Å². The predicted molar refractivity (Wildman–Crippen MR) is 41.4 cm³/mol. The largest absolute Gasteiger partial charge is 0.0901 e. The zero-order valence-corrected chi connectivity index (χ0v) is 6.49. The third-order valence-corrected chi connectivity index (χ3v) is 3.56. The zero-order chi connectivity index (χ0) is 6.27. The quantitative estimate of drug-likeness (QED) is 0.486. The van der Waals surface area contributed by atoms with E-state index in [4.69, 9.17) is 12.6 Å². The highest BCUT2D eigenvalue weighted by atomic mass is 32.1. The molecule has 1 atom stereocenters. The Morgan fingerprint density at radius 3 is 1.89 bits per heavy atom. The van der Waals surface area contributed by atoms with Crippen LogP contribution in [-0.4, -0.2) is 5.25 Å². The lowest BCUT2D eigenvalue weighted by Gasteiger charge is -2.39. The molecule has 51 valence electrons. The third kappa shape index (κ3) is 1.000. The highest BCUT2D eigenvalue weighted by Gasteiger charge is 2.33. The Morgan fingerprint density at radius 2 is 1.67 bits per heavy atom. The van der Waals surface area contributed by atoms with Crippen molar-refractivity contribution in [2.75, 3.05) is 0 Å². The van der Waals surface area contributed by atoms with Crippen LogP contribution in [0, 0.1) is 11.8 Å². The molecule has 2 bridgehead atoms. The smallest absolute Gasteiger partial charge is 0.0182 e. The topological polar surface area (TPSA) is 0 Å². The van der Waals surface area contributed by atoms with Gasteiger partial charge >= 0.3 is 0 Å². The minimum Gasteiger partial charge on any atom is -0.0901 e. The SMILES string of the molecule is [S]C1CC2CCC1CC2. The first-order chi connectivity index (χ1) is 4.36. The molecule has 0 aliphatic heterocycles. The monoisotopic (exact) mass is 141 g/mol. The van der Waals surface area contributed by atoms with Crippen LogP contribution < -0.4 is 0 Å². The molecule has 0 heterocycles. The van der Waals surface area contributed by atoms with E-state index < -0.39 is 0 Å². The number of hydrogen-bond donors (Lipinski definition) is 0. The van der Waals surface area contributed by atoms with E-state index in [2.05, 4.69) is 0 Å². The van der Waals surface area contributed by atoms with E-state index in [1.807, 2.05) is 0 Å². The van der Waals surface area contributed by atoms with Gasteiger partial charge in [-0.2, -0.15) is 0 Å². The summed E-state index contributed by atoms with van der Waals surface area (Å²) in [5.41, 5.74) is 0. The number of fused-ring (bicyclic) bond motifs is 3. The molecule has 1 radical (unpaired) electrons. The first kappa shape index (κ1) is 6.09. The Bertz CT molecular complexity index is 103. The highest BCUT2D eigenvalue weighted by Crippen LogP contribution is 2.43. The molecular formula is C8H13S. The second-order valence-corrected chi connectivity index (χ2v) is 4.16. The molecule has 3 rings (SSSR count). The molecule has 0 saturated heterocycles. The van der Waals surface area contributed by atoms with E-state index in [0.717, 1.165) is 11.8 Å². The lowest BCUT2D eigenvalue weighted by molar-refractivity contribution is 0.185. The molecule has 0 amide bonds. The van der Waals surface area contributed by atoms with Gasteiger partial charge < -0.3 is 0 Å². The number of rotatable bonds is 0. The van der Waals surface area contributed by atoms with Crippen LogP contribution in [-0.2, 0) is 0 Å². The van der Waals surface area contributed by atoms with Crippen LogP contribution in [0.1, 0.15) is 32.1 Å². The zero-order valence-electron chi connectivity index (χ0n) is 5.68. The maximum Gasteiger partial charge on any atom is 0.0182 e. The van der Waals surface area contributed by atoms with Crippen molar-refractivity contribution in [3.05, 3.63) is 0 Å². The average Bonchev–Trinajstić information content (AvgIpc) is 1.90. The van der Waals surface area contributed by atoms with Crippen molar-refractivity contribution in [2.45, 2.75) is 37.4 Å². The summed E-state index contributed by atoms with van der Waals surface area (Å²) in [4.78, 5) is 0. The molecule has 3 aliphatic carbocycles. The first-order valence-electron chi connectivity index (χ1n) is 4.02. The second kappa shape index (κ2) is 2.19. The van der Waals surface area contributed by atoms with Crippen LogP contribution in [0.25, 0.3) is 0 Å². The van der Waals surface area contributed by atoms with Gasteiger partial charge in [0.1, 0.15) is 0 Å². The Hall–Kier alpha value is 0.350. The fourth-order valence-corrected chi connectivity index (χ4v) is 2.86. The van der Waals surface area contributed by atoms with E-state index in [0.29, 0.717) is 5.25 Å². The van der Waals surface area contributed by atoms with Crippen molar-refractivity contribution in [1.29, 1.82) is 0 Å². The molecular weight excluding hydrogens is 128 g/mol. The van der Waals surface area contributed by atoms with Gasteiger partial charge in [-0.25, -0.2) is 0 Å². The summed E-state index contributed by atoms with van der Waals surface area (Å²) < 4.78 is 0. The van der Waals surface area contributed by atoms with E-state index in [1.54, 1.807) is 0 Å². The fourth-order valence-electron chi connectivity index (χ4n) is 2.32. The molecule has 0 aromatic heterocycles. The minimum absolute atomic E-state index is 0.650. The highest BCUT2D eigenvalue weighted by molar-refractivity contribution is 7.81. The molecule has 1 unspecified atom stereocenters. The van der Waals surface area contributed by atoms with Crippen molar-refractivity contribution in [3.63, 3.8) is 0 Å². The van der Waals surface area contributed by atoms with Gasteiger partial charge in [-0.15, -0.1) is 0 Å². The molecule has 0 N–H and O–H groups in total. The van der Waals surface area contributed by atoms with Gasteiger partial charge in [0, 0.05) is 5.25 Å². The van der Waals surface area contributed by atoms with Crippen molar-refractivity contribution in [3.8, 4) is 0 Å². The summed E-state index contributed by atoms with van der Waals surface area (Å²) in [6.45, 7) is 0. The van der Waals surface area contributed by atoms with E-state index in [9.17, 15) is 0 Å². The van der Waals surface area contributed by atoms with Gasteiger partial charge in [-0.05, 0) is 31.1 Å². The lowest BCUT2D eigenvalue weighted by Crippen LogP contribution is -2.31. The van der Waals surface area contributed by atoms with Crippen molar-refractivity contribution >= 4 is 12.6 Å². The summed E-state index contributed by atoms with van der Waals surface area (Å²) in [5, 5.41) is 0.650. The van der Waals surface area contributed by atoms with Gasteiger partial charge in [0.05, 0.1) is 0 Å². The maximum absolute atomic E-state index is 5.34. The molecule has 0 spiro atoms. The minimum atomic E-state index is 0.650. The maximum atomic E-state index is 5.34. The van der Waals surface area contributed by atoms with Crippen LogP contribution >= 0.6 is 12.6 Å². The molecule has 3 saturated carbocycles. The molecule has 3 fully saturated rings. The summed E-state index contributed by atoms with van der Waals surface area (Å²) >= 11 is 5.34. The Labute approximate surface area is 62.4 Å². The van der Waals surface area contributed by atoms with E-state index in [-0.39, 0.29) is 0 Å². The van der Waals surface area contributed by atoms with Crippen molar-refractivity contribution in [1.82, 2.24) is 0 Å². The Kier molecular flexibility index (Phi) is 1.48. The van der Waals surface area contributed by atoms with Gasteiger partial charge in [-0.1, -0.05) is 25.5 Å². The van der Waals surface area contributed by atoms with Crippen molar-refractivity contribution in [2.24, 2.45) is 11.8 Å². The molecule has 3 aliphatic rings. The van der Waals surface area contributed by atoms with Crippen LogP contribution in [0.2, 0.25) is 0 Å². The Morgan fingerprint density at radius 1 is 1.00 bits per heavy atom. The Balaban J connectivity index is 2.06. The van der Waals surface area contributed by atoms with Crippen LogP contribution in [0.5, 0.6) is 0 Å². The molecule has 9 heavy (non-hydrogen) atoms.